The second-order valence-electron chi connectivity index (χ2n) is 5.46. The second-order valence-corrected chi connectivity index (χ2v) is 5.46. The predicted octanol–water partition coefficient (Wildman–Crippen LogP) is 2.74. The molecule has 0 spiro atoms. The molecule has 0 aromatic carbocycles. The zero-order chi connectivity index (χ0) is 12.1. The van der Waals surface area contributed by atoms with Crippen LogP contribution in [0.2, 0.25) is 0 Å². The Labute approximate surface area is 105 Å². The van der Waals surface area contributed by atoms with Crippen LogP contribution < -0.4 is 0 Å². The van der Waals surface area contributed by atoms with Crippen molar-refractivity contribution >= 4 is 5.97 Å². The van der Waals surface area contributed by atoms with Crippen LogP contribution in [0.4, 0.5) is 0 Å². The van der Waals surface area contributed by atoms with E-state index in [0.717, 1.165) is 0 Å². The second kappa shape index (κ2) is 5.85. The van der Waals surface area contributed by atoms with Gasteiger partial charge in [0.2, 0.25) is 0 Å². The van der Waals surface area contributed by atoms with E-state index in [4.69, 9.17) is 4.74 Å². The van der Waals surface area contributed by atoms with Gasteiger partial charge in [-0.2, -0.15) is 0 Å². The topological polar surface area (TPSA) is 29.5 Å². The minimum Gasteiger partial charge on any atom is -0.466 e. The van der Waals surface area contributed by atoms with Crippen molar-refractivity contribution < 1.29 is 9.53 Å². The summed E-state index contributed by atoms with van der Waals surface area (Å²) < 4.78 is 5.15. The molecule has 1 heterocycles. The molecule has 2 fully saturated rings. The average molecular weight is 239 g/mol. The maximum atomic E-state index is 11.8. The van der Waals surface area contributed by atoms with Crippen LogP contribution in [-0.2, 0) is 9.53 Å². The molecular weight excluding hydrogens is 214 g/mol. The lowest BCUT2D eigenvalue weighted by molar-refractivity contribution is -0.146. The van der Waals surface area contributed by atoms with E-state index >= 15 is 0 Å². The van der Waals surface area contributed by atoms with Crippen molar-refractivity contribution in [1.82, 2.24) is 4.90 Å². The summed E-state index contributed by atoms with van der Waals surface area (Å²) in [6.07, 6.45) is 9.48. The van der Waals surface area contributed by atoms with E-state index < -0.39 is 0 Å². The van der Waals surface area contributed by atoms with Gasteiger partial charge >= 0.3 is 5.97 Å². The fraction of sp³-hybridized carbons (Fsp3) is 0.929. The number of nitrogens with zero attached hydrogens (tertiary/aromatic N) is 1. The monoisotopic (exact) mass is 239 g/mol. The van der Waals surface area contributed by atoms with Gasteiger partial charge in [0.05, 0.1) is 13.0 Å². The zero-order valence-electron chi connectivity index (χ0n) is 11.0. The summed E-state index contributed by atoms with van der Waals surface area (Å²) >= 11 is 0. The van der Waals surface area contributed by atoms with E-state index in [-0.39, 0.29) is 11.5 Å². The first kappa shape index (κ1) is 12.9. The molecule has 0 bridgehead atoms. The largest absolute Gasteiger partial charge is 0.466 e. The van der Waals surface area contributed by atoms with Crippen LogP contribution >= 0.6 is 0 Å². The number of ether oxygens (including phenoxy) is 1. The van der Waals surface area contributed by atoms with Crippen molar-refractivity contribution in [2.24, 2.45) is 0 Å². The molecule has 1 saturated carbocycles. The Morgan fingerprint density at radius 3 is 2.35 bits per heavy atom. The van der Waals surface area contributed by atoms with Gasteiger partial charge < -0.3 is 4.74 Å². The fourth-order valence-electron chi connectivity index (χ4n) is 3.49. The number of piperidine rings is 1. The van der Waals surface area contributed by atoms with Crippen molar-refractivity contribution in [2.45, 2.75) is 63.8 Å². The summed E-state index contributed by atoms with van der Waals surface area (Å²) in [6.45, 7) is 4.76. The molecule has 0 unspecified atom stereocenters. The number of hydrogen-bond donors (Lipinski definition) is 0. The SMILES string of the molecule is CCOC(=O)CC1(N2CCCCC2)CCCC1. The van der Waals surface area contributed by atoms with Crippen LogP contribution in [0.1, 0.15) is 58.3 Å². The van der Waals surface area contributed by atoms with E-state index in [1.54, 1.807) is 0 Å². The number of carbonyl (C=O) groups is 1. The summed E-state index contributed by atoms with van der Waals surface area (Å²) in [6, 6.07) is 0. The molecule has 0 N–H and O–H groups in total. The highest BCUT2D eigenvalue weighted by Gasteiger charge is 2.41. The first-order valence-electron chi connectivity index (χ1n) is 7.17. The number of hydrogen-bond acceptors (Lipinski definition) is 3. The van der Waals surface area contributed by atoms with E-state index in [0.29, 0.717) is 13.0 Å². The van der Waals surface area contributed by atoms with Crippen molar-refractivity contribution in [2.75, 3.05) is 19.7 Å². The first-order chi connectivity index (χ1) is 8.27. The van der Waals surface area contributed by atoms with Crippen LogP contribution in [-0.4, -0.2) is 36.1 Å². The van der Waals surface area contributed by atoms with Gasteiger partial charge in [0.15, 0.2) is 0 Å². The third-order valence-electron chi connectivity index (χ3n) is 4.34. The van der Waals surface area contributed by atoms with Gasteiger partial charge in [0.25, 0.3) is 0 Å². The Hall–Kier alpha value is -0.570. The van der Waals surface area contributed by atoms with E-state index in [1.165, 1.54) is 58.0 Å². The molecule has 1 saturated heterocycles. The van der Waals surface area contributed by atoms with Crippen LogP contribution in [0.3, 0.4) is 0 Å². The van der Waals surface area contributed by atoms with Gasteiger partial charge in [0, 0.05) is 5.54 Å². The van der Waals surface area contributed by atoms with E-state index in [1.807, 2.05) is 6.92 Å². The van der Waals surface area contributed by atoms with Gasteiger partial charge in [-0.3, -0.25) is 9.69 Å². The summed E-state index contributed by atoms with van der Waals surface area (Å²) in [5, 5.41) is 0. The Kier molecular flexibility index (Phi) is 4.43. The van der Waals surface area contributed by atoms with Crippen molar-refractivity contribution in [3.8, 4) is 0 Å². The van der Waals surface area contributed by atoms with Crippen LogP contribution in [0, 0.1) is 0 Å². The summed E-state index contributed by atoms with van der Waals surface area (Å²) in [7, 11) is 0. The van der Waals surface area contributed by atoms with Crippen molar-refractivity contribution in [3.05, 3.63) is 0 Å². The highest BCUT2D eigenvalue weighted by atomic mass is 16.5. The van der Waals surface area contributed by atoms with Crippen molar-refractivity contribution in [3.63, 3.8) is 0 Å². The Morgan fingerprint density at radius 1 is 1.12 bits per heavy atom. The third kappa shape index (κ3) is 3.01. The minimum absolute atomic E-state index is 0.0000246. The maximum absolute atomic E-state index is 11.8. The highest BCUT2D eigenvalue weighted by molar-refractivity contribution is 5.71. The average Bonchev–Trinajstić information content (AvgIpc) is 2.80. The molecule has 1 aliphatic heterocycles. The van der Waals surface area contributed by atoms with E-state index in [9.17, 15) is 4.79 Å². The van der Waals surface area contributed by atoms with Crippen LogP contribution in [0.25, 0.3) is 0 Å². The van der Waals surface area contributed by atoms with Crippen molar-refractivity contribution in [1.29, 1.82) is 0 Å². The Morgan fingerprint density at radius 2 is 1.76 bits per heavy atom. The standard InChI is InChI=1S/C14H25NO2/c1-2-17-13(16)12-14(8-4-5-9-14)15-10-6-3-7-11-15/h2-12H2,1H3. The Balaban J connectivity index is 2.00. The minimum atomic E-state index is -0.0000246. The quantitative estimate of drug-likeness (QED) is 0.706. The fourth-order valence-corrected chi connectivity index (χ4v) is 3.49. The lowest BCUT2D eigenvalue weighted by Crippen LogP contribution is -2.50. The van der Waals surface area contributed by atoms with Crippen LogP contribution in [0.5, 0.6) is 0 Å². The molecule has 2 aliphatic rings. The van der Waals surface area contributed by atoms with Gasteiger partial charge in [-0.05, 0) is 45.7 Å². The predicted molar refractivity (Wildman–Crippen MR) is 67.9 cm³/mol. The molecule has 17 heavy (non-hydrogen) atoms. The first-order valence-corrected chi connectivity index (χ1v) is 7.17. The lowest BCUT2D eigenvalue weighted by atomic mass is 9.89. The summed E-state index contributed by atoms with van der Waals surface area (Å²) in [4.78, 5) is 14.4. The molecule has 0 atom stereocenters. The van der Waals surface area contributed by atoms with Gasteiger partial charge in [-0.15, -0.1) is 0 Å². The van der Waals surface area contributed by atoms with E-state index in [2.05, 4.69) is 4.90 Å². The molecule has 0 aromatic heterocycles. The molecular formula is C14H25NO2. The smallest absolute Gasteiger partial charge is 0.307 e. The molecule has 2 rings (SSSR count). The molecule has 98 valence electrons. The third-order valence-corrected chi connectivity index (χ3v) is 4.34. The Bertz CT molecular complexity index is 253. The molecule has 1 aliphatic carbocycles. The summed E-state index contributed by atoms with van der Waals surface area (Å²) in [5.74, 6) is -0.0000246. The van der Waals surface area contributed by atoms with Gasteiger partial charge in [-0.25, -0.2) is 0 Å². The molecule has 0 aromatic rings. The lowest BCUT2D eigenvalue weighted by Gasteiger charge is -2.43. The zero-order valence-corrected chi connectivity index (χ0v) is 11.0. The normalized spacial score (nSPS) is 24.8. The summed E-state index contributed by atoms with van der Waals surface area (Å²) in [5.41, 5.74) is 0.146. The number of carbonyl (C=O) groups excluding carboxylic acids is 1. The number of likely N-dealkylation sites (tertiary alicyclic amines) is 1. The number of esters is 1. The highest BCUT2D eigenvalue weighted by Crippen LogP contribution is 2.39. The molecule has 0 amide bonds. The molecule has 0 radical (unpaired) electrons. The number of rotatable bonds is 4. The maximum Gasteiger partial charge on any atom is 0.307 e. The molecule has 3 heteroatoms. The van der Waals surface area contributed by atoms with Crippen LogP contribution in [0.15, 0.2) is 0 Å². The molecule has 3 nitrogen and oxygen atoms in total. The van der Waals surface area contributed by atoms with Gasteiger partial charge in [0.1, 0.15) is 0 Å². The van der Waals surface area contributed by atoms with Gasteiger partial charge in [-0.1, -0.05) is 19.3 Å².